The summed E-state index contributed by atoms with van der Waals surface area (Å²) >= 11 is 0. The molecule has 4 aliphatic carbocycles. The number of hydrogen-bond donors (Lipinski definition) is 1. The fraction of sp³-hybridized carbons (Fsp3) is 0.929. The quantitative estimate of drug-likeness (QED) is 0.529. The van der Waals surface area contributed by atoms with Crippen LogP contribution in [-0.4, -0.2) is 48.9 Å². The van der Waals surface area contributed by atoms with Crippen LogP contribution in [0.25, 0.3) is 0 Å². The Labute approximate surface area is 117 Å². The molecule has 0 aromatic carbocycles. The molecule has 4 bridgehead atoms. The van der Waals surface area contributed by atoms with Crippen LogP contribution in [0.4, 0.5) is 0 Å². The van der Waals surface area contributed by atoms with E-state index in [2.05, 4.69) is 5.16 Å². The summed E-state index contributed by atoms with van der Waals surface area (Å²) in [6, 6.07) is 0. The second kappa shape index (κ2) is 3.74. The highest BCUT2D eigenvalue weighted by Gasteiger charge is 2.72. The molecule has 2 saturated heterocycles. The molecule has 2 aliphatic heterocycles. The molecular formula is C14H19NO5. The van der Waals surface area contributed by atoms with Crippen LogP contribution in [0.1, 0.15) is 19.3 Å². The van der Waals surface area contributed by atoms with E-state index in [1.807, 2.05) is 0 Å². The summed E-state index contributed by atoms with van der Waals surface area (Å²) < 4.78 is 24.0. The maximum Gasteiger partial charge on any atom is 0.179 e. The molecule has 6 rings (SSSR count). The van der Waals surface area contributed by atoms with Crippen molar-refractivity contribution in [3.63, 3.8) is 0 Å². The van der Waals surface area contributed by atoms with Gasteiger partial charge in [0.2, 0.25) is 0 Å². The maximum absolute atomic E-state index is 9.55. The van der Waals surface area contributed by atoms with Crippen molar-refractivity contribution in [3.8, 4) is 0 Å². The first-order chi connectivity index (χ1) is 9.80. The molecule has 0 aromatic heterocycles. The van der Waals surface area contributed by atoms with E-state index in [0.717, 1.165) is 25.0 Å². The molecule has 6 heteroatoms. The molecule has 0 amide bonds. The van der Waals surface area contributed by atoms with E-state index in [0.29, 0.717) is 38.3 Å². The van der Waals surface area contributed by atoms with Gasteiger partial charge in [0.25, 0.3) is 0 Å². The smallest absolute Gasteiger partial charge is 0.179 e. The SMILES string of the molecule is ON=C1C2CC3CC(CC1C31OCCO1)C21OCCO1. The van der Waals surface area contributed by atoms with Gasteiger partial charge in [0.1, 0.15) is 0 Å². The van der Waals surface area contributed by atoms with Gasteiger partial charge in [0, 0.05) is 11.8 Å². The van der Waals surface area contributed by atoms with Crippen molar-refractivity contribution >= 4 is 5.71 Å². The third-order valence-corrected chi connectivity index (χ3v) is 6.03. The molecule has 20 heavy (non-hydrogen) atoms. The van der Waals surface area contributed by atoms with Crippen molar-refractivity contribution in [1.82, 2.24) is 0 Å². The summed E-state index contributed by atoms with van der Waals surface area (Å²) in [6.07, 6.45) is 2.75. The molecular weight excluding hydrogens is 262 g/mol. The Kier molecular flexibility index (Phi) is 2.23. The summed E-state index contributed by atoms with van der Waals surface area (Å²) in [4.78, 5) is 0. The van der Waals surface area contributed by atoms with E-state index in [1.165, 1.54) is 0 Å². The highest BCUT2D eigenvalue weighted by atomic mass is 16.7. The van der Waals surface area contributed by atoms with Crippen LogP contribution in [0.5, 0.6) is 0 Å². The van der Waals surface area contributed by atoms with Crippen LogP contribution in [0.15, 0.2) is 5.16 Å². The summed E-state index contributed by atoms with van der Waals surface area (Å²) in [6.45, 7) is 2.55. The minimum atomic E-state index is -0.547. The van der Waals surface area contributed by atoms with E-state index >= 15 is 0 Å². The molecule has 2 spiro atoms. The number of hydrogen-bond acceptors (Lipinski definition) is 6. The summed E-state index contributed by atoms with van der Waals surface area (Å²) in [5.74, 6) is -0.263. The van der Waals surface area contributed by atoms with Crippen LogP contribution >= 0.6 is 0 Å². The molecule has 2 heterocycles. The van der Waals surface area contributed by atoms with Gasteiger partial charge in [0.05, 0.1) is 44.0 Å². The second-order valence-electron chi connectivity index (χ2n) is 6.57. The van der Waals surface area contributed by atoms with Crippen LogP contribution in [0, 0.1) is 23.7 Å². The highest BCUT2D eigenvalue weighted by molar-refractivity contribution is 5.92. The molecule has 110 valence electrons. The molecule has 6 aliphatic rings. The lowest BCUT2D eigenvalue weighted by atomic mass is 9.49. The zero-order chi connectivity index (χ0) is 13.4. The third kappa shape index (κ3) is 1.15. The van der Waals surface area contributed by atoms with Gasteiger partial charge < -0.3 is 24.2 Å². The molecule has 4 atom stereocenters. The van der Waals surface area contributed by atoms with Crippen LogP contribution in [0.3, 0.4) is 0 Å². The van der Waals surface area contributed by atoms with E-state index in [-0.39, 0.29) is 11.8 Å². The Morgan fingerprint density at radius 3 is 1.65 bits per heavy atom. The highest BCUT2D eigenvalue weighted by Crippen LogP contribution is 2.64. The number of oxime groups is 1. The first-order valence-electron chi connectivity index (χ1n) is 7.58. The van der Waals surface area contributed by atoms with Gasteiger partial charge >= 0.3 is 0 Å². The predicted molar refractivity (Wildman–Crippen MR) is 66.3 cm³/mol. The predicted octanol–water partition coefficient (Wildman–Crippen LogP) is 0.979. The minimum Gasteiger partial charge on any atom is -0.411 e. The Bertz CT molecular complexity index is 428. The van der Waals surface area contributed by atoms with E-state index in [9.17, 15) is 5.21 Å². The molecule has 4 unspecified atom stereocenters. The zero-order valence-corrected chi connectivity index (χ0v) is 11.3. The average molecular weight is 281 g/mol. The molecule has 6 nitrogen and oxygen atoms in total. The van der Waals surface area contributed by atoms with E-state index in [1.54, 1.807) is 0 Å². The maximum atomic E-state index is 9.55. The van der Waals surface area contributed by atoms with Crippen molar-refractivity contribution in [3.05, 3.63) is 0 Å². The molecule has 1 N–H and O–H groups in total. The van der Waals surface area contributed by atoms with Crippen molar-refractivity contribution in [2.75, 3.05) is 26.4 Å². The first-order valence-corrected chi connectivity index (χ1v) is 7.58. The van der Waals surface area contributed by atoms with Gasteiger partial charge in [0.15, 0.2) is 11.6 Å². The van der Waals surface area contributed by atoms with Crippen LogP contribution < -0.4 is 0 Å². The number of ether oxygens (including phenoxy) is 4. The summed E-state index contributed by atoms with van der Waals surface area (Å²) in [7, 11) is 0. The van der Waals surface area contributed by atoms with Crippen molar-refractivity contribution < 1.29 is 24.2 Å². The second-order valence-corrected chi connectivity index (χ2v) is 6.57. The van der Waals surface area contributed by atoms with Gasteiger partial charge in [-0.2, -0.15) is 0 Å². The lowest BCUT2D eigenvalue weighted by molar-refractivity contribution is -0.324. The lowest BCUT2D eigenvalue weighted by Gasteiger charge is -2.63. The Morgan fingerprint density at radius 1 is 0.800 bits per heavy atom. The fourth-order valence-electron chi connectivity index (χ4n) is 5.46. The standard InChI is InChI=1S/C14H19NO5/c16-15-12-10-7-9-5-8(13(10)17-1-2-18-13)6-11(12)14(9)19-3-4-20-14/h8-11,16H,1-7H2. The molecule has 6 fully saturated rings. The van der Waals surface area contributed by atoms with Gasteiger partial charge in [-0.25, -0.2) is 0 Å². The van der Waals surface area contributed by atoms with Crippen molar-refractivity contribution in [2.24, 2.45) is 28.8 Å². The van der Waals surface area contributed by atoms with E-state index in [4.69, 9.17) is 18.9 Å². The summed E-state index contributed by atoms with van der Waals surface area (Å²) in [5, 5.41) is 13.2. The Hall–Kier alpha value is -0.690. The Balaban J connectivity index is 1.61. The van der Waals surface area contributed by atoms with Gasteiger partial charge in [-0.05, 0) is 19.3 Å². The normalized spacial score (nSPS) is 46.7. The van der Waals surface area contributed by atoms with Crippen LogP contribution in [0.2, 0.25) is 0 Å². The number of nitrogens with zero attached hydrogens (tertiary/aromatic N) is 1. The molecule has 4 saturated carbocycles. The third-order valence-electron chi connectivity index (χ3n) is 6.03. The van der Waals surface area contributed by atoms with Gasteiger partial charge in [-0.3, -0.25) is 0 Å². The van der Waals surface area contributed by atoms with E-state index < -0.39 is 11.6 Å². The van der Waals surface area contributed by atoms with Crippen molar-refractivity contribution in [2.45, 2.75) is 30.8 Å². The molecule has 0 aromatic rings. The largest absolute Gasteiger partial charge is 0.411 e. The zero-order valence-electron chi connectivity index (χ0n) is 11.3. The monoisotopic (exact) mass is 281 g/mol. The topological polar surface area (TPSA) is 69.5 Å². The average Bonchev–Trinajstić information content (AvgIpc) is 3.10. The van der Waals surface area contributed by atoms with Gasteiger partial charge in [-0.1, -0.05) is 5.16 Å². The van der Waals surface area contributed by atoms with Crippen molar-refractivity contribution in [1.29, 1.82) is 0 Å². The molecule has 0 radical (unpaired) electrons. The number of rotatable bonds is 0. The lowest BCUT2D eigenvalue weighted by Crippen LogP contribution is -2.71. The first kappa shape index (κ1) is 11.9. The minimum absolute atomic E-state index is 0.0518. The fourth-order valence-corrected chi connectivity index (χ4v) is 5.46. The Morgan fingerprint density at radius 2 is 1.25 bits per heavy atom. The summed E-state index contributed by atoms with van der Waals surface area (Å²) in [5.41, 5.74) is 0.765. The van der Waals surface area contributed by atoms with Crippen LogP contribution in [-0.2, 0) is 18.9 Å². The van der Waals surface area contributed by atoms with Gasteiger partial charge in [-0.15, -0.1) is 0 Å².